The Morgan fingerprint density at radius 3 is 3.04 bits per heavy atom. The highest BCUT2D eigenvalue weighted by atomic mass is 32.2. The van der Waals surface area contributed by atoms with Gasteiger partial charge in [-0.25, -0.2) is 4.39 Å². The fraction of sp³-hybridized carbons (Fsp3) is 0.375. The molecular weight excluding hydrogens is 377 g/mol. The second kappa shape index (κ2) is 8.45. The molecule has 1 aromatic heterocycles. The number of carbonyl (C=O) groups is 2. The van der Waals surface area contributed by atoms with Crippen LogP contribution in [0, 0.1) is 11.7 Å². The number of amides is 2. The number of halogens is 1. The standard InChI is InChI=1S/C16H18FN5O2S2/c17-11-4-1-5-12(7-11)19-15-20-21-16(26-15)25-9-13(23)22-6-2-3-10(8-22)14(18)24/h1,4-5,7,10H,2-3,6,8-9H2,(H2,18,24)(H,19,20). The molecule has 0 radical (unpaired) electrons. The fourth-order valence-electron chi connectivity index (χ4n) is 2.66. The van der Waals surface area contributed by atoms with Gasteiger partial charge in [0.05, 0.1) is 11.7 Å². The van der Waals surface area contributed by atoms with Gasteiger partial charge >= 0.3 is 0 Å². The normalized spacial score (nSPS) is 17.1. The Morgan fingerprint density at radius 1 is 1.42 bits per heavy atom. The average molecular weight is 395 g/mol. The molecule has 2 aromatic rings. The van der Waals surface area contributed by atoms with E-state index in [1.807, 2.05) is 0 Å². The topological polar surface area (TPSA) is 101 Å². The van der Waals surface area contributed by atoms with Crippen molar-refractivity contribution >= 4 is 45.7 Å². The van der Waals surface area contributed by atoms with Crippen molar-refractivity contribution in [1.29, 1.82) is 0 Å². The Labute approximate surface area is 158 Å². The third-order valence-electron chi connectivity index (χ3n) is 3.98. The van der Waals surface area contributed by atoms with Crippen molar-refractivity contribution < 1.29 is 14.0 Å². The van der Waals surface area contributed by atoms with Gasteiger partial charge in [0.1, 0.15) is 5.82 Å². The molecule has 1 aromatic carbocycles. The average Bonchev–Trinajstić information content (AvgIpc) is 3.07. The summed E-state index contributed by atoms with van der Waals surface area (Å²) in [5.74, 6) is -0.778. The minimum Gasteiger partial charge on any atom is -0.369 e. The highest BCUT2D eigenvalue weighted by molar-refractivity contribution is 8.01. The van der Waals surface area contributed by atoms with E-state index in [2.05, 4.69) is 15.5 Å². The molecule has 1 aliphatic rings. The van der Waals surface area contributed by atoms with Crippen molar-refractivity contribution in [3.63, 3.8) is 0 Å². The van der Waals surface area contributed by atoms with Crippen molar-refractivity contribution in [2.45, 2.75) is 17.2 Å². The third-order valence-corrected chi connectivity index (χ3v) is 5.93. The Bertz CT molecular complexity index is 800. The van der Waals surface area contributed by atoms with Crippen LogP contribution in [0.4, 0.5) is 15.2 Å². The molecule has 138 valence electrons. The van der Waals surface area contributed by atoms with Crippen LogP contribution in [-0.4, -0.2) is 45.8 Å². The quantitative estimate of drug-likeness (QED) is 0.728. The van der Waals surface area contributed by atoms with Crippen molar-refractivity contribution in [2.75, 3.05) is 24.2 Å². The largest absolute Gasteiger partial charge is 0.369 e. The van der Waals surface area contributed by atoms with E-state index in [1.54, 1.807) is 17.0 Å². The number of thioether (sulfide) groups is 1. The molecule has 1 saturated heterocycles. The molecule has 0 spiro atoms. The molecule has 7 nitrogen and oxygen atoms in total. The number of primary amides is 1. The third kappa shape index (κ3) is 4.92. The fourth-order valence-corrected chi connectivity index (χ4v) is 4.33. The molecule has 10 heteroatoms. The number of rotatable bonds is 6. The van der Waals surface area contributed by atoms with Gasteiger partial charge in [-0.05, 0) is 31.0 Å². The number of nitrogens with two attached hydrogens (primary N) is 1. The first kappa shape index (κ1) is 18.6. The van der Waals surface area contributed by atoms with Crippen LogP contribution in [0.15, 0.2) is 28.6 Å². The van der Waals surface area contributed by atoms with Crippen LogP contribution in [-0.2, 0) is 9.59 Å². The van der Waals surface area contributed by atoms with Crippen LogP contribution in [0.3, 0.4) is 0 Å². The zero-order valence-corrected chi connectivity index (χ0v) is 15.5. The van der Waals surface area contributed by atoms with E-state index in [4.69, 9.17) is 5.73 Å². The second-order valence-corrected chi connectivity index (χ2v) is 8.08. The number of aromatic nitrogens is 2. The minimum atomic E-state index is -0.354. The molecule has 1 fully saturated rings. The van der Waals surface area contributed by atoms with Gasteiger partial charge in [-0.2, -0.15) is 0 Å². The van der Waals surface area contributed by atoms with E-state index in [0.29, 0.717) is 28.2 Å². The molecule has 0 saturated carbocycles. The van der Waals surface area contributed by atoms with E-state index in [-0.39, 0.29) is 29.3 Å². The van der Waals surface area contributed by atoms with Gasteiger partial charge in [0.25, 0.3) is 0 Å². The summed E-state index contributed by atoms with van der Waals surface area (Å²) in [7, 11) is 0. The Morgan fingerprint density at radius 2 is 2.27 bits per heavy atom. The SMILES string of the molecule is NC(=O)C1CCCN(C(=O)CSc2nnc(Nc3cccc(F)c3)s2)C1. The number of nitrogens with one attached hydrogen (secondary N) is 1. The summed E-state index contributed by atoms with van der Waals surface area (Å²) in [6.45, 7) is 1.03. The number of nitrogens with zero attached hydrogens (tertiary/aromatic N) is 3. The lowest BCUT2D eigenvalue weighted by atomic mass is 9.97. The smallest absolute Gasteiger partial charge is 0.233 e. The van der Waals surface area contributed by atoms with Crippen LogP contribution in [0.5, 0.6) is 0 Å². The van der Waals surface area contributed by atoms with E-state index >= 15 is 0 Å². The summed E-state index contributed by atoms with van der Waals surface area (Å²) in [4.78, 5) is 25.3. The minimum absolute atomic E-state index is 0.0456. The number of likely N-dealkylation sites (tertiary alicyclic amines) is 1. The van der Waals surface area contributed by atoms with Gasteiger partial charge in [-0.1, -0.05) is 29.2 Å². The molecule has 26 heavy (non-hydrogen) atoms. The zero-order chi connectivity index (χ0) is 18.5. The number of hydrogen-bond donors (Lipinski definition) is 2. The molecular formula is C16H18FN5O2S2. The van der Waals surface area contributed by atoms with E-state index < -0.39 is 0 Å². The first-order chi connectivity index (χ1) is 12.5. The van der Waals surface area contributed by atoms with Crippen molar-refractivity contribution in [3.8, 4) is 0 Å². The number of piperidine rings is 1. The maximum Gasteiger partial charge on any atom is 0.233 e. The molecule has 1 aliphatic heterocycles. The first-order valence-corrected chi connectivity index (χ1v) is 9.87. The molecule has 0 bridgehead atoms. The molecule has 3 rings (SSSR count). The van der Waals surface area contributed by atoms with Crippen LogP contribution < -0.4 is 11.1 Å². The number of anilines is 2. The van der Waals surface area contributed by atoms with E-state index in [0.717, 1.165) is 12.8 Å². The Kier molecular flexibility index (Phi) is 6.04. The second-order valence-electron chi connectivity index (χ2n) is 5.88. The summed E-state index contributed by atoms with van der Waals surface area (Å²) in [6, 6.07) is 6.06. The Hall–Kier alpha value is -2.20. The van der Waals surface area contributed by atoms with Crippen LogP contribution in [0.2, 0.25) is 0 Å². The van der Waals surface area contributed by atoms with Crippen molar-refractivity contribution in [3.05, 3.63) is 30.1 Å². The summed E-state index contributed by atoms with van der Waals surface area (Å²) >= 11 is 2.58. The van der Waals surface area contributed by atoms with E-state index in [1.165, 1.54) is 35.2 Å². The summed E-state index contributed by atoms with van der Waals surface area (Å²) < 4.78 is 13.8. The monoisotopic (exact) mass is 395 g/mol. The molecule has 2 amide bonds. The van der Waals surface area contributed by atoms with Gasteiger partial charge in [-0.15, -0.1) is 10.2 Å². The van der Waals surface area contributed by atoms with Crippen LogP contribution in [0.1, 0.15) is 12.8 Å². The summed E-state index contributed by atoms with van der Waals surface area (Å²) in [5, 5.41) is 11.5. The lowest BCUT2D eigenvalue weighted by molar-refractivity contribution is -0.132. The van der Waals surface area contributed by atoms with Crippen LogP contribution >= 0.6 is 23.1 Å². The lowest BCUT2D eigenvalue weighted by Gasteiger charge is -2.31. The first-order valence-electron chi connectivity index (χ1n) is 8.07. The van der Waals surface area contributed by atoms with Crippen molar-refractivity contribution in [1.82, 2.24) is 15.1 Å². The predicted octanol–water partition coefficient (Wildman–Crippen LogP) is 2.24. The molecule has 0 aliphatic carbocycles. The highest BCUT2D eigenvalue weighted by Crippen LogP contribution is 2.28. The predicted molar refractivity (Wildman–Crippen MR) is 98.8 cm³/mol. The summed E-state index contributed by atoms with van der Waals surface area (Å²) in [5.41, 5.74) is 5.92. The zero-order valence-electron chi connectivity index (χ0n) is 13.9. The van der Waals surface area contributed by atoms with Gasteiger partial charge in [0, 0.05) is 18.8 Å². The van der Waals surface area contributed by atoms with Crippen LogP contribution in [0.25, 0.3) is 0 Å². The molecule has 1 atom stereocenters. The Balaban J connectivity index is 1.51. The maximum absolute atomic E-state index is 13.2. The van der Waals surface area contributed by atoms with Gasteiger partial charge in [0.2, 0.25) is 16.9 Å². The molecule has 3 N–H and O–H groups in total. The number of carbonyl (C=O) groups excluding carboxylic acids is 2. The van der Waals surface area contributed by atoms with Gasteiger partial charge in [-0.3, -0.25) is 9.59 Å². The molecule has 2 heterocycles. The van der Waals surface area contributed by atoms with E-state index in [9.17, 15) is 14.0 Å². The maximum atomic E-state index is 13.2. The summed E-state index contributed by atoms with van der Waals surface area (Å²) in [6.07, 6.45) is 1.52. The van der Waals surface area contributed by atoms with Gasteiger partial charge < -0.3 is 16.0 Å². The highest BCUT2D eigenvalue weighted by Gasteiger charge is 2.27. The lowest BCUT2D eigenvalue weighted by Crippen LogP contribution is -2.44. The number of benzene rings is 1. The molecule has 1 unspecified atom stereocenters. The van der Waals surface area contributed by atoms with Gasteiger partial charge in [0.15, 0.2) is 4.34 Å². The number of hydrogen-bond acceptors (Lipinski definition) is 7. The van der Waals surface area contributed by atoms with Crippen molar-refractivity contribution in [2.24, 2.45) is 11.7 Å².